The summed E-state index contributed by atoms with van der Waals surface area (Å²) >= 11 is 0. The van der Waals surface area contributed by atoms with Gasteiger partial charge in [0.15, 0.2) is 0 Å². The van der Waals surface area contributed by atoms with Gasteiger partial charge in [0, 0.05) is 23.9 Å². The van der Waals surface area contributed by atoms with E-state index in [9.17, 15) is 19.2 Å². The molecule has 0 saturated carbocycles. The van der Waals surface area contributed by atoms with Crippen molar-refractivity contribution in [3.05, 3.63) is 96.6 Å². The molecule has 2 aliphatic heterocycles. The number of imidazole rings is 2. The van der Waals surface area contributed by atoms with E-state index in [1.165, 1.54) is 14.2 Å². The van der Waals surface area contributed by atoms with Crippen LogP contribution in [0.15, 0.2) is 84.9 Å². The molecule has 0 radical (unpaired) electrons. The third kappa shape index (κ3) is 7.86. The standard InChI is InChI=1S/C50H54N8O6/c1-27(2)41(55-49(61)63-5)47(59)57-23-7-9-39(57)45-51-37-21-17-33-25-31(15-19-35(33)43(37)53-45)29-11-13-30(14-12-29)32-16-20-36-34(26-32)18-22-38-44(36)54-46(52-38)40-10-8-24-58(40)48(60)42(28(3)4)56-50(62)64-6/h11-22,25-28,39-42H,7-10,23-24H2,1-6H3,(H,51,53)(H,52,54)(H,55,61)(H,56,62)/t39-,40?,41-,42-/m0/s1. The lowest BCUT2D eigenvalue weighted by atomic mass is 9.96. The molecule has 2 aliphatic rings. The largest absolute Gasteiger partial charge is 0.453 e. The Labute approximate surface area is 371 Å². The van der Waals surface area contributed by atoms with Crippen LogP contribution in [0.1, 0.15) is 77.1 Å². The molecule has 14 heteroatoms. The van der Waals surface area contributed by atoms with E-state index in [2.05, 4.69) is 106 Å². The Morgan fingerprint density at radius 1 is 0.578 bits per heavy atom. The Bertz CT molecular complexity index is 2720. The first kappa shape index (κ1) is 42.3. The number of carbonyl (C=O) groups excluding carboxylic acids is 4. The molecule has 2 fully saturated rings. The molecule has 64 heavy (non-hydrogen) atoms. The molecule has 7 aromatic rings. The fourth-order valence-corrected chi connectivity index (χ4v) is 9.56. The molecule has 4 N–H and O–H groups in total. The molecule has 14 nitrogen and oxygen atoms in total. The van der Waals surface area contributed by atoms with Gasteiger partial charge < -0.3 is 39.9 Å². The van der Waals surface area contributed by atoms with Crippen LogP contribution in [-0.4, -0.2) is 93.1 Å². The van der Waals surface area contributed by atoms with Crippen LogP contribution in [0.3, 0.4) is 0 Å². The number of nitrogens with zero attached hydrogens (tertiary/aromatic N) is 4. The normalized spacial score (nSPS) is 17.5. The van der Waals surface area contributed by atoms with E-state index in [0.29, 0.717) is 13.1 Å². The monoisotopic (exact) mass is 862 g/mol. The Morgan fingerprint density at radius 2 is 0.969 bits per heavy atom. The highest BCUT2D eigenvalue weighted by molar-refractivity contribution is 6.06. The first-order chi connectivity index (χ1) is 30.9. The van der Waals surface area contributed by atoms with Gasteiger partial charge in [-0.3, -0.25) is 9.59 Å². The number of H-pyrrole nitrogens is 2. The topological polar surface area (TPSA) is 175 Å². The Hall–Kier alpha value is -6.96. The molecule has 0 bridgehead atoms. The van der Waals surface area contributed by atoms with Crippen molar-refractivity contribution in [1.82, 2.24) is 40.4 Å². The van der Waals surface area contributed by atoms with Crippen molar-refractivity contribution < 1.29 is 28.7 Å². The van der Waals surface area contributed by atoms with Gasteiger partial charge in [-0.2, -0.15) is 0 Å². The smallest absolute Gasteiger partial charge is 0.407 e. The molecule has 2 saturated heterocycles. The highest BCUT2D eigenvalue weighted by Crippen LogP contribution is 2.38. The number of ether oxygens (including phenoxy) is 2. The van der Waals surface area contributed by atoms with Crippen molar-refractivity contribution in [2.24, 2.45) is 11.8 Å². The zero-order valence-corrected chi connectivity index (χ0v) is 37.0. The van der Waals surface area contributed by atoms with Gasteiger partial charge in [-0.25, -0.2) is 19.6 Å². The van der Waals surface area contributed by atoms with E-state index in [1.54, 1.807) is 0 Å². The van der Waals surface area contributed by atoms with Gasteiger partial charge in [-0.15, -0.1) is 0 Å². The predicted octanol–water partition coefficient (Wildman–Crippen LogP) is 9.17. The highest BCUT2D eigenvalue weighted by Gasteiger charge is 2.39. The average molecular weight is 863 g/mol. The minimum atomic E-state index is -0.694. The van der Waals surface area contributed by atoms with Gasteiger partial charge >= 0.3 is 12.2 Å². The molecular formula is C50H54N8O6. The van der Waals surface area contributed by atoms with E-state index in [0.717, 1.165) is 103 Å². The molecule has 5 aromatic carbocycles. The lowest BCUT2D eigenvalue weighted by molar-refractivity contribution is -0.136. The molecule has 0 spiro atoms. The second kappa shape index (κ2) is 17.3. The number of nitrogens with one attached hydrogen (secondary N) is 4. The first-order valence-corrected chi connectivity index (χ1v) is 22.2. The maximum absolute atomic E-state index is 13.7. The van der Waals surface area contributed by atoms with Crippen LogP contribution in [0.4, 0.5) is 9.59 Å². The number of fused-ring (bicyclic) bond motifs is 6. The number of likely N-dealkylation sites (tertiary alicyclic amines) is 2. The van der Waals surface area contributed by atoms with Gasteiger partial charge in [-0.1, -0.05) is 88.4 Å². The second-order valence-electron chi connectivity index (χ2n) is 17.7. The molecule has 9 rings (SSSR count). The molecule has 330 valence electrons. The van der Waals surface area contributed by atoms with Crippen molar-refractivity contribution in [3.8, 4) is 22.3 Å². The van der Waals surface area contributed by atoms with Gasteiger partial charge in [0.25, 0.3) is 0 Å². The number of carbonyl (C=O) groups is 4. The minimum absolute atomic E-state index is 0.110. The molecular weight excluding hydrogens is 809 g/mol. The Kier molecular flexibility index (Phi) is 11.5. The molecule has 1 unspecified atom stereocenters. The molecule has 2 aromatic heterocycles. The van der Waals surface area contributed by atoms with Crippen molar-refractivity contribution in [3.63, 3.8) is 0 Å². The fraction of sp³-hybridized carbons (Fsp3) is 0.360. The fourth-order valence-electron chi connectivity index (χ4n) is 9.56. The number of hydrogen-bond donors (Lipinski definition) is 4. The average Bonchev–Trinajstić information content (AvgIpc) is 4.15. The van der Waals surface area contributed by atoms with Crippen LogP contribution in [0.2, 0.25) is 0 Å². The second-order valence-corrected chi connectivity index (χ2v) is 17.7. The third-order valence-corrected chi connectivity index (χ3v) is 13.0. The number of aromatic amines is 2. The number of amides is 4. The van der Waals surface area contributed by atoms with E-state index in [4.69, 9.17) is 19.4 Å². The van der Waals surface area contributed by atoms with Crippen molar-refractivity contribution >= 4 is 67.6 Å². The first-order valence-electron chi connectivity index (χ1n) is 22.2. The summed E-state index contributed by atoms with van der Waals surface area (Å²) in [5.41, 5.74) is 7.93. The van der Waals surface area contributed by atoms with Crippen molar-refractivity contribution in [2.45, 2.75) is 77.5 Å². The summed E-state index contributed by atoms with van der Waals surface area (Å²) in [6.07, 6.45) is 2.02. The van der Waals surface area contributed by atoms with Crippen LogP contribution in [0.5, 0.6) is 0 Å². The van der Waals surface area contributed by atoms with Gasteiger partial charge in [-0.05, 0) is 94.8 Å². The predicted molar refractivity (Wildman–Crippen MR) is 247 cm³/mol. The Morgan fingerprint density at radius 3 is 1.34 bits per heavy atom. The number of benzene rings is 5. The summed E-state index contributed by atoms with van der Waals surface area (Å²) in [5, 5.41) is 9.64. The summed E-state index contributed by atoms with van der Waals surface area (Å²) in [6.45, 7) is 8.84. The van der Waals surface area contributed by atoms with Crippen LogP contribution < -0.4 is 10.6 Å². The Balaban J connectivity index is 0.926. The van der Waals surface area contributed by atoms with Crippen molar-refractivity contribution in [2.75, 3.05) is 27.3 Å². The molecule has 4 heterocycles. The van der Waals surface area contributed by atoms with Crippen LogP contribution in [0.25, 0.3) is 65.9 Å². The van der Waals surface area contributed by atoms with Crippen LogP contribution in [-0.2, 0) is 19.1 Å². The number of rotatable bonds is 10. The van der Waals surface area contributed by atoms with Gasteiger partial charge in [0.05, 0.1) is 48.4 Å². The zero-order chi connectivity index (χ0) is 44.8. The van der Waals surface area contributed by atoms with E-state index in [1.807, 2.05) is 37.5 Å². The van der Waals surface area contributed by atoms with E-state index < -0.39 is 24.3 Å². The quantitative estimate of drug-likeness (QED) is 0.105. The summed E-state index contributed by atoms with van der Waals surface area (Å²) in [6, 6.07) is 28.0. The summed E-state index contributed by atoms with van der Waals surface area (Å²) in [7, 11) is 2.60. The van der Waals surface area contributed by atoms with Crippen molar-refractivity contribution in [1.29, 1.82) is 0 Å². The highest BCUT2D eigenvalue weighted by atomic mass is 16.5. The maximum atomic E-state index is 13.7. The number of aromatic nitrogens is 4. The number of alkyl carbamates (subject to hydrolysis) is 2. The molecule has 4 amide bonds. The van der Waals surface area contributed by atoms with Gasteiger partial charge in [0.2, 0.25) is 11.8 Å². The van der Waals surface area contributed by atoms with Gasteiger partial charge in [0.1, 0.15) is 23.7 Å². The molecule has 4 atom stereocenters. The lowest BCUT2D eigenvalue weighted by Gasteiger charge is -2.29. The number of methoxy groups -OCH3 is 2. The summed E-state index contributed by atoms with van der Waals surface area (Å²) in [4.78, 5) is 72.4. The summed E-state index contributed by atoms with van der Waals surface area (Å²) < 4.78 is 9.59. The van der Waals surface area contributed by atoms with E-state index in [-0.39, 0.29) is 35.7 Å². The third-order valence-electron chi connectivity index (χ3n) is 13.0. The van der Waals surface area contributed by atoms with Crippen LogP contribution in [0, 0.1) is 11.8 Å². The summed E-state index contributed by atoms with van der Waals surface area (Å²) in [5.74, 6) is 1.01. The van der Waals surface area contributed by atoms with E-state index >= 15 is 0 Å². The maximum Gasteiger partial charge on any atom is 0.407 e. The lowest BCUT2D eigenvalue weighted by Crippen LogP contribution is -2.51. The zero-order valence-electron chi connectivity index (χ0n) is 37.0. The van der Waals surface area contributed by atoms with Crippen LogP contribution >= 0.6 is 0 Å². The number of hydrogen-bond acceptors (Lipinski definition) is 8. The molecule has 0 aliphatic carbocycles. The SMILES string of the molecule is COC(=O)N[C@H](C(=O)N1CCCC1c1nc2c(ccc3cc(-c4ccc(-c5ccc6c(ccc7[nH]c([C@@H]8CCCN8C(=O)[C@@H](NC(=O)OC)C(C)C)nc76)c5)cc4)ccc32)[nH]1)C(C)C. The minimum Gasteiger partial charge on any atom is -0.453 e.